The van der Waals surface area contributed by atoms with Crippen LogP contribution >= 0.6 is 0 Å². The van der Waals surface area contributed by atoms with Crippen molar-refractivity contribution < 1.29 is 9.59 Å². The van der Waals surface area contributed by atoms with Crippen LogP contribution in [-0.4, -0.2) is 39.5 Å². The fraction of sp³-hybridized carbons (Fsp3) is 0.333. The third-order valence-corrected chi connectivity index (χ3v) is 3.37. The van der Waals surface area contributed by atoms with Crippen LogP contribution in [0.3, 0.4) is 0 Å². The Morgan fingerprint density at radius 1 is 1.35 bits per heavy atom. The second-order valence-corrected chi connectivity index (χ2v) is 5.01. The molecule has 0 saturated heterocycles. The molecule has 0 radical (unpaired) electrons. The summed E-state index contributed by atoms with van der Waals surface area (Å²) in [5, 5.41) is 7.60. The number of nitrogens with zero attached hydrogens (tertiary/aromatic N) is 2. The zero-order chi connectivity index (χ0) is 17.0. The van der Waals surface area contributed by atoms with E-state index in [4.69, 9.17) is 6.42 Å². The van der Waals surface area contributed by atoms with Crippen molar-refractivity contribution in [2.45, 2.75) is 20.3 Å². The minimum absolute atomic E-state index is 0.0588. The summed E-state index contributed by atoms with van der Waals surface area (Å²) < 4.78 is 1.54. The van der Waals surface area contributed by atoms with E-state index >= 15 is 0 Å². The Bertz CT molecular complexity index is 856. The number of amides is 2. The van der Waals surface area contributed by atoms with Gasteiger partial charge in [-0.3, -0.25) is 19.5 Å². The molecule has 0 bridgehead atoms. The first-order valence-electron chi connectivity index (χ1n) is 6.97. The number of H-pyrrole nitrogens is 1. The second-order valence-electron chi connectivity index (χ2n) is 5.01. The SMILES string of the molecule is C#CCNC(=O)CNC(=O)Cc1c(C)nc2cc(=O)[nH]n2c1C. The lowest BCUT2D eigenvalue weighted by atomic mass is 10.1. The molecule has 120 valence electrons. The first-order valence-corrected chi connectivity index (χ1v) is 6.97. The van der Waals surface area contributed by atoms with Crippen molar-refractivity contribution in [3.05, 3.63) is 33.4 Å². The van der Waals surface area contributed by atoms with Gasteiger partial charge in [-0.2, -0.15) is 0 Å². The molecule has 0 aliphatic carbocycles. The highest BCUT2D eigenvalue weighted by Gasteiger charge is 2.14. The second kappa shape index (κ2) is 6.79. The van der Waals surface area contributed by atoms with Crippen LogP contribution in [0.4, 0.5) is 0 Å². The Kier molecular flexibility index (Phi) is 4.81. The molecule has 0 fully saturated rings. The third-order valence-electron chi connectivity index (χ3n) is 3.37. The third kappa shape index (κ3) is 3.77. The van der Waals surface area contributed by atoms with Crippen LogP contribution in [0.15, 0.2) is 10.9 Å². The standard InChI is InChI=1S/C15H17N5O3/c1-4-5-16-15(23)8-17-13(21)6-11-9(2)18-12-7-14(22)19-20(12)10(11)3/h1,7H,5-6,8H2,2-3H3,(H,16,23)(H,17,21)(H,19,22). The van der Waals surface area contributed by atoms with Crippen molar-refractivity contribution in [3.63, 3.8) is 0 Å². The first kappa shape index (κ1) is 16.3. The average Bonchev–Trinajstić information content (AvgIpc) is 2.87. The number of terminal acetylenes is 1. The molecule has 3 N–H and O–H groups in total. The van der Waals surface area contributed by atoms with Crippen LogP contribution in [0.2, 0.25) is 0 Å². The van der Waals surface area contributed by atoms with E-state index in [1.807, 2.05) is 0 Å². The van der Waals surface area contributed by atoms with E-state index in [0.29, 0.717) is 16.9 Å². The lowest BCUT2D eigenvalue weighted by Crippen LogP contribution is -2.37. The van der Waals surface area contributed by atoms with Gasteiger partial charge in [-0.25, -0.2) is 9.50 Å². The van der Waals surface area contributed by atoms with E-state index in [1.54, 1.807) is 13.8 Å². The summed E-state index contributed by atoms with van der Waals surface area (Å²) in [6, 6.07) is 1.39. The summed E-state index contributed by atoms with van der Waals surface area (Å²) in [4.78, 5) is 39.1. The zero-order valence-corrected chi connectivity index (χ0v) is 12.9. The maximum Gasteiger partial charge on any atom is 0.266 e. The summed E-state index contributed by atoms with van der Waals surface area (Å²) in [6.07, 6.45) is 5.09. The average molecular weight is 315 g/mol. The molecule has 8 nitrogen and oxygen atoms in total. The molecular weight excluding hydrogens is 298 g/mol. The minimum atomic E-state index is -0.354. The van der Waals surface area contributed by atoms with Crippen LogP contribution in [0.25, 0.3) is 5.65 Å². The predicted octanol–water partition coefficient (Wildman–Crippen LogP) is -0.952. The largest absolute Gasteiger partial charge is 0.347 e. The highest BCUT2D eigenvalue weighted by molar-refractivity contribution is 5.86. The topological polar surface area (TPSA) is 108 Å². The monoisotopic (exact) mass is 315 g/mol. The van der Waals surface area contributed by atoms with Gasteiger partial charge in [0.2, 0.25) is 11.8 Å². The highest BCUT2D eigenvalue weighted by atomic mass is 16.2. The quantitative estimate of drug-likeness (QED) is 0.618. The van der Waals surface area contributed by atoms with E-state index in [0.717, 1.165) is 5.69 Å². The number of hydrogen-bond donors (Lipinski definition) is 3. The van der Waals surface area contributed by atoms with Gasteiger partial charge in [0.25, 0.3) is 5.56 Å². The van der Waals surface area contributed by atoms with Crippen molar-refractivity contribution in [1.29, 1.82) is 0 Å². The van der Waals surface area contributed by atoms with Gasteiger partial charge in [0.15, 0.2) is 5.65 Å². The maximum atomic E-state index is 12.0. The Labute approximate surface area is 132 Å². The van der Waals surface area contributed by atoms with Crippen molar-refractivity contribution in [2.24, 2.45) is 0 Å². The van der Waals surface area contributed by atoms with E-state index in [1.165, 1.54) is 10.6 Å². The normalized spacial score (nSPS) is 10.3. The maximum absolute atomic E-state index is 12.0. The molecule has 0 atom stereocenters. The lowest BCUT2D eigenvalue weighted by molar-refractivity contribution is -0.125. The van der Waals surface area contributed by atoms with Crippen molar-refractivity contribution in [1.82, 2.24) is 25.2 Å². The van der Waals surface area contributed by atoms with Crippen molar-refractivity contribution in [3.8, 4) is 12.3 Å². The van der Waals surface area contributed by atoms with Gasteiger partial charge >= 0.3 is 0 Å². The molecule has 0 aromatic carbocycles. The Morgan fingerprint density at radius 3 is 2.78 bits per heavy atom. The summed E-state index contributed by atoms with van der Waals surface area (Å²) in [6.45, 7) is 3.54. The smallest absolute Gasteiger partial charge is 0.266 e. The number of fused-ring (bicyclic) bond motifs is 1. The Morgan fingerprint density at radius 2 is 2.09 bits per heavy atom. The summed E-state index contributed by atoms with van der Waals surface area (Å²) in [5.41, 5.74) is 2.33. The minimum Gasteiger partial charge on any atom is -0.347 e. The van der Waals surface area contributed by atoms with E-state index in [9.17, 15) is 14.4 Å². The number of aromatic nitrogens is 3. The molecule has 0 saturated carbocycles. The van der Waals surface area contributed by atoms with Gasteiger partial charge in [0, 0.05) is 23.0 Å². The number of rotatable bonds is 5. The molecule has 8 heteroatoms. The van der Waals surface area contributed by atoms with Crippen LogP contribution in [0.5, 0.6) is 0 Å². The van der Waals surface area contributed by atoms with Crippen LogP contribution < -0.4 is 16.2 Å². The molecule has 0 unspecified atom stereocenters. The molecular formula is C15H17N5O3. The summed E-state index contributed by atoms with van der Waals surface area (Å²) in [5.74, 6) is 1.60. The molecule has 23 heavy (non-hydrogen) atoms. The van der Waals surface area contributed by atoms with Crippen LogP contribution in [-0.2, 0) is 16.0 Å². The number of aromatic amines is 1. The van der Waals surface area contributed by atoms with Gasteiger partial charge in [0.05, 0.1) is 19.5 Å². The Balaban J connectivity index is 2.09. The first-order chi connectivity index (χ1) is 10.9. The number of nitrogens with one attached hydrogen (secondary N) is 3. The highest BCUT2D eigenvalue weighted by Crippen LogP contribution is 2.13. The summed E-state index contributed by atoms with van der Waals surface area (Å²) >= 11 is 0. The molecule has 2 amide bonds. The number of aryl methyl sites for hydroxylation is 2. The molecule has 2 aromatic rings. The zero-order valence-electron chi connectivity index (χ0n) is 12.9. The van der Waals surface area contributed by atoms with Gasteiger partial charge < -0.3 is 10.6 Å². The number of carbonyl (C=O) groups excluding carboxylic acids is 2. The van der Waals surface area contributed by atoms with Gasteiger partial charge in [-0.05, 0) is 13.8 Å². The molecule has 2 heterocycles. The van der Waals surface area contributed by atoms with E-state index in [-0.39, 0.29) is 36.9 Å². The van der Waals surface area contributed by atoms with Crippen LogP contribution in [0, 0.1) is 26.2 Å². The van der Waals surface area contributed by atoms with E-state index < -0.39 is 0 Å². The lowest BCUT2D eigenvalue weighted by Gasteiger charge is -2.11. The van der Waals surface area contributed by atoms with Gasteiger partial charge in [0.1, 0.15) is 0 Å². The molecule has 0 aliphatic heterocycles. The van der Waals surface area contributed by atoms with Crippen molar-refractivity contribution in [2.75, 3.05) is 13.1 Å². The molecule has 2 aromatic heterocycles. The van der Waals surface area contributed by atoms with E-state index in [2.05, 4.69) is 26.6 Å². The number of hydrogen-bond acceptors (Lipinski definition) is 4. The molecule has 0 spiro atoms. The fourth-order valence-electron chi connectivity index (χ4n) is 2.23. The summed E-state index contributed by atoms with van der Waals surface area (Å²) in [7, 11) is 0. The number of carbonyl (C=O) groups is 2. The molecule has 2 rings (SSSR count). The van der Waals surface area contributed by atoms with Crippen LogP contribution in [0.1, 0.15) is 17.0 Å². The Hall–Kier alpha value is -3.08. The van der Waals surface area contributed by atoms with Gasteiger partial charge in [-0.1, -0.05) is 5.92 Å². The van der Waals surface area contributed by atoms with Crippen molar-refractivity contribution >= 4 is 17.5 Å². The fourth-order valence-corrected chi connectivity index (χ4v) is 2.23. The predicted molar refractivity (Wildman–Crippen MR) is 83.8 cm³/mol. The van der Waals surface area contributed by atoms with Gasteiger partial charge in [-0.15, -0.1) is 6.42 Å². The molecule has 0 aliphatic rings.